The van der Waals surface area contributed by atoms with Crippen molar-refractivity contribution < 1.29 is 42.9 Å². The molecule has 0 rings (SSSR count). The Morgan fingerprint density at radius 2 is 0.797 bits per heavy atom. The van der Waals surface area contributed by atoms with Gasteiger partial charge in [-0.3, -0.25) is 19.2 Å². The van der Waals surface area contributed by atoms with Gasteiger partial charge in [-0.1, -0.05) is 194 Å². The van der Waals surface area contributed by atoms with Crippen molar-refractivity contribution in [2.75, 3.05) is 13.2 Å². The van der Waals surface area contributed by atoms with Crippen molar-refractivity contribution in [2.24, 2.45) is 5.73 Å². The molecule has 0 aliphatic carbocycles. The highest BCUT2D eigenvalue weighted by atomic mass is 16.6. The average molecular weight is 839 g/mol. The standard InChI is InChI=1S/C48H90N2O9/c1-6-8-10-12-14-16-18-20-22-24-26-28-30-32-34-36-43(51)56-39-41(40-57-45(53)38-42(46(49)54)50-47(55)59-48(3,4)5)58-44(52)37-35-33-31-29-27-25-23-21-19-17-15-13-11-9-7-2/h41-42H,6-40H2,1-5H3,(H2,49,54)(H,50,55). The lowest BCUT2D eigenvalue weighted by Crippen LogP contribution is -2.47. The fraction of sp³-hybridized carbons (Fsp3) is 0.896. The summed E-state index contributed by atoms with van der Waals surface area (Å²) in [6.45, 7) is 8.85. The fourth-order valence-corrected chi connectivity index (χ4v) is 6.98. The van der Waals surface area contributed by atoms with Gasteiger partial charge in [-0.05, 0) is 33.6 Å². The Kier molecular flexibility index (Phi) is 37.4. The van der Waals surface area contributed by atoms with E-state index in [1.807, 2.05) is 0 Å². The van der Waals surface area contributed by atoms with E-state index in [0.717, 1.165) is 32.1 Å². The molecule has 2 atom stereocenters. The van der Waals surface area contributed by atoms with Gasteiger partial charge >= 0.3 is 24.0 Å². The van der Waals surface area contributed by atoms with E-state index in [0.29, 0.717) is 12.8 Å². The highest BCUT2D eigenvalue weighted by Crippen LogP contribution is 2.16. The van der Waals surface area contributed by atoms with E-state index in [9.17, 15) is 24.0 Å². The van der Waals surface area contributed by atoms with Crippen LogP contribution in [0.15, 0.2) is 0 Å². The number of carbonyl (C=O) groups excluding carboxylic acids is 5. The van der Waals surface area contributed by atoms with Crippen molar-refractivity contribution in [3.63, 3.8) is 0 Å². The third-order valence-corrected chi connectivity index (χ3v) is 10.5. The zero-order valence-corrected chi connectivity index (χ0v) is 38.7. The van der Waals surface area contributed by atoms with Gasteiger partial charge in [-0.25, -0.2) is 4.79 Å². The molecule has 0 spiro atoms. The number of nitrogens with two attached hydrogens (primary N) is 1. The van der Waals surface area contributed by atoms with Crippen LogP contribution in [0.1, 0.15) is 247 Å². The van der Waals surface area contributed by atoms with Crippen molar-refractivity contribution in [1.29, 1.82) is 0 Å². The summed E-state index contributed by atoms with van der Waals surface area (Å²) in [4.78, 5) is 62.2. The number of primary amides is 1. The highest BCUT2D eigenvalue weighted by molar-refractivity contribution is 5.88. The number of esters is 3. The first-order valence-corrected chi connectivity index (χ1v) is 24.2. The largest absolute Gasteiger partial charge is 0.462 e. The van der Waals surface area contributed by atoms with Gasteiger partial charge in [0.15, 0.2) is 6.10 Å². The van der Waals surface area contributed by atoms with E-state index < -0.39 is 54.1 Å². The summed E-state index contributed by atoms with van der Waals surface area (Å²) in [6.07, 6.45) is 34.9. The van der Waals surface area contributed by atoms with Gasteiger partial charge in [-0.2, -0.15) is 0 Å². The maximum atomic E-state index is 12.8. The predicted molar refractivity (Wildman–Crippen MR) is 238 cm³/mol. The van der Waals surface area contributed by atoms with Crippen LogP contribution in [0.2, 0.25) is 0 Å². The van der Waals surface area contributed by atoms with Crippen LogP contribution < -0.4 is 11.1 Å². The molecule has 0 aliphatic rings. The van der Waals surface area contributed by atoms with Crippen molar-refractivity contribution in [3.05, 3.63) is 0 Å². The molecule has 0 aromatic heterocycles. The van der Waals surface area contributed by atoms with Gasteiger partial charge in [-0.15, -0.1) is 0 Å². The smallest absolute Gasteiger partial charge is 0.408 e. The lowest BCUT2D eigenvalue weighted by molar-refractivity contribution is -0.167. The van der Waals surface area contributed by atoms with Gasteiger partial charge in [0, 0.05) is 12.8 Å². The van der Waals surface area contributed by atoms with Crippen molar-refractivity contribution in [2.45, 2.75) is 264 Å². The lowest BCUT2D eigenvalue weighted by atomic mass is 10.0. The maximum Gasteiger partial charge on any atom is 0.408 e. The number of carbonyl (C=O) groups is 5. The monoisotopic (exact) mass is 839 g/mol. The number of nitrogens with one attached hydrogen (secondary N) is 1. The molecule has 0 aliphatic heterocycles. The van der Waals surface area contributed by atoms with E-state index in [4.69, 9.17) is 24.7 Å². The SMILES string of the molecule is CCCCCCCCCCCCCCCCCC(=O)OCC(COC(=O)CC(NC(=O)OC(C)(C)C)C(N)=O)OC(=O)CCCCCCCCCCCCCCCCC. The Balaban J connectivity index is 4.59. The van der Waals surface area contributed by atoms with E-state index in [2.05, 4.69) is 19.2 Å². The minimum atomic E-state index is -1.36. The van der Waals surface area contributed by atoms with Crippen LogP contribution in [-0.4, -0.2) is 60.9 Å². The number of hydrogen-bond acceptors (Lipinski definition) is 9. The molecule has 0 radical (unpaired) electrons. The fourth-order valence-electron chi connectivity index (χ4n) is 6.98. The molecule has 0 fully saturated rings. The molecule has 2 amide bonds. The molecule has 0 aromatic carbocycles. The summed E-state index contributed by atoms with van der Waals surface area (Å²) in [5.74, 6) is -2.64. The molecule has 0 saturated carbocycles. The van der Waals surface area contributed by atoms with E-state index in [1.165, 1.54) is 148 Å². The Bertz CT molecular complexity index is 1060. The first-order valence-electron chi connectivity index (χ1n) is 24.2. The molecule has 0 aromatic rings. The minimum absolute atomic E-state index is 0.208. The Labute approximate surface area is 360 Å². The third kappa shape index (κ3) is 40.3. The van der Waals surface area contributed by atoms with Gasteiger partial charge in [0.05, 0.1) is 6.42 Å². The number of hydrogen-bond donors (Lipinski definition) is 2. The Morgan fingerprint density at radius 1 is 0.475 bits per heavy atom. The van der Waals surface area contributed by atoms with Crippen molar-refractivity contribution >= 4 is 29.9 Å². The summed E-state index contributed by atoms with van der Waals surface area (Å²) >= 11 is 0. The molecule has 0 bridgehead atoms. The Hall–Kier alpha value is -2.85. The van der Waals surface area contributed by atoms with Crippen LogP contribution >= 0.6 is 0 Å². The second-order valence-corrected chi connectivity index (χ2v) is 17.7. The second kappa shape index (κ2) is 39.3. The zero-order chi connectivity index (χ0) is 43.8. The van der Waals surface area contributed by atoms with E-state index >= 15 is 0 Å². The van der Waals surface area contributed by atoms with Crippen LogP contribution in [0.5, 0.6) is 0 Å². The summed E-state index contributed by atoms with van der Waals surface area (Å²) in [5, 5.41) is 2.29. The second-order valence-electron chi connectivity index (χ2n) is 17.7. The van der Waals surface area contributed by atoms with Gasteiger partial charge in [0.25, 0.3) is 0 Å². The minimum Gasteiger partial charge on any atom is -0.462 e. The quantitative estimate of drug-likeness (QED) is 0.0347. The first-order chi connectivity index (χ1) is 28.4. The third-order valence-electron chi connectivity index (χ3n) is 10.5. The van der Waals surface area contributed by atoms with Crippen LogP contribution in [0.3, 0.4) is 0 Å². The average Bonchev–Trinajstić information content (AvgIpc) is 3.17. The molecular formula is C48H90N2O9. The molecule has 3 N–H and O–H groups in total. The van der Waals surface area contributed by atoms with E-state index in [1.54, 1.807) is 20.8 Å². The molecule has 11 nitrogen and oxygen atoms in total. The molecule has 0 saturated heterocycles. The summed E-state index contributed by atoms with van der Waals surface area (Å²) in [5.41, 5.74) is 4.58. The van der Waals surface area contributed by atoms with Gasteiger partial charge in [0.2, 0.25) is 5.91 Å². The summed E-state index contributed by atoms with van der Waals surface area (Å²) < 4.78 is 21.5. The molecule has 11 heteroatoms. The summed E-state index contributed by atoms with van der Waals surface area (Å²) in [6, 6.07) is -1.36. The number of amides is 2. The molecule has 0 heterocycles. The topological polar surface area (TPSA) is 160 Å². The highest BCUT2D eigenvalue weighted by Gasteiger charge is 2.27. The molecule has 346 valence electrons. The maximum absolute atomic E-state index is 12.8. The lowest BCUT2D eigenvalue weighted by Gasteiger charge is -2.22. The van der Waals surface area contributed by atoms with Crippen LogP contribution in [0, 0.1) is 0 Å². The molecular weight excluding hydrogens is 749 g/mol. The molecule has 2 unspecified atom stereocenters. The number of ether oxygens (including phenoxy) is 4. The normalized spacial score (nSPS) is 12.4. The van der Waals surface area contributed by atoms with Crippen molar-refractivity contribution in [1.82, 2.24) is 5.32 Å². The predicted octanol–water partition coefficient (Wildman–Crippen LogP) is 12.3. The van der Waals surface area contributed by atoms with Crippen molar-refractivity contribution in [3.8, 4) is 0 Å². The van der Waals surface area contributed by atoms with Gasteiger partial charge in [0.1, 0.15) is 24.9 Å². The van der Waals surface area contributed by atoms with Gasteiger partial charge < -0.3 is 30.0 Å². The summed E-state index contributed by atoms with van der Waals surface area (Å²) in [7, 11) is 0. The first kappa shape index (κ1) is 56.1. The van der Waals surface area contributed by atoms with E-state index in [-0.39, 0.29) is 26.1 Å². The number of unbranched alkanes of at least 4 members (excludes halogenated alkanes) is 28. The number of rotatable bonds is 41. The van der Waals surface area contributed by atoms with Crippen LogP contribution in [0.4, 0.5) is 4.79 Å². The number of alkyl carbamates (subject to hydrolysis) is 1. The zero-order valence-electron chi connectivity index (χ0n) is 38.7. The van der Waals surface area contributed by atoms with Crippen LogP contribution in [0.25, 0.3) is 0 Å². The Morgan fingerprint density at radius 3 is 1.14 bits per heavy atom. The van der Waals surface area contributed by atoms with Crippen LogP contribution in [-0.2, 0) is 38.1 Å². The molecule has 59 heavy (non-hydrogen) atoms.